The highest BCUT2D eigenvalue weighted by atomic mass is 15.2. The Hall–Kier alpha value is -3.46. The Labute approximate surface area is 163 Å². The van der Waals surface area contributed by atoms with E-state index in [-0.39, 0.29) is 0 Å². The molecule has 0 radical (unpaired) electrons. The summed E-state index contributed by atoms with van der Waals surface area (Å²) in [5, 5.41) is 0. The topological polar surface area (TPSA) is 29.0 Å². The number of rotatable bonds is 0. The fraction of sp³-hybridized carbons (Fsp3) is 0.120. The van der Waals surface area contributed by atoms with Crippen molar-refractivity contribution in [3.8, 4) is 11.1 Å². The van der Waals surface area contributed by atoms with Crippen LogP contribution in [-0.4, -0.2) is 9.97 Å². The molecule has 0 saturated carbocycles. The van der Waals surface area contributed by atoms with Gasteiger partial charge in [0, 0.05) is 31.4 Å². The molecule has 2 aromatic heterocycles. The first-order valence-corrected chi connectivity index (χ1v) is 9.80. The maximum Gasteiger partial charge on any atom is 0.0680 e. The lowest BCUT2D eigenvalue weighted by atomic mass is 9.83. The van der Waals surface area contributed by atoms with Crippen molar-refractivity contribution in [2.75, 3.05) is 4.90 Å². The standard InChI is InChI=1S/C25H17N3/c1-2-4-20-15(3-1)9-17-11-18-10-16-5-7-27-14-23(16)28-22-6-8-26-13-19(22)12-21(24(17)20)25(18)28/h1-8,11,13-14H,9-10,12H2. The Bertz CT molecular complexity index is 1290. The van der Waals surface area contributed by atoms with Crippen LogP contribution in [0, 0.1) is 0 Å². The smallest absolute Gasteiger partial charge is 0.0680 e. The van der Waals surface area contributed by atoms with Gasteiger partial charge in [0.25, 0.3) is 0 Å². The molecular weight excluding hydrogens is 342 g/mol. The van der Waals surface area contributed by atoms with E-state index in [1.165, 1.54) is 61.6 Å². The van der Waals surface area contributed by atoms with E-state index >= 15 is 0 Å². The van der Waals surface area contributed by atoms with Crippen molar-refractivity contribution >= 4 is 17.1 Å². The molecule has 0 bridgehead atoms. The number of anilines is 3. The predicted octanol–water partition coefficient (Wildman–Crippen LogP) is 5.33. The van der Waals surface area contributed by atoms with Gasteiger partial charge in [0.15, 0.2) is 0 Å². The molecule has 2 aromatic carbocycles. The Morgan fingerprint density at radius 2 is 1.54 bits per heavy atom. The summed E-state index contributed by atoms with van der Waals surface area (Å²) in [6, 6.07) is 15.6. The third-order valence-electron chi connectivity index (χ3n) is 6.45. The van der Waals surface area contributed by atoms with Crippen LogP contribution in [0.15, 0.2) is 67.3 Å². The lowest BCUT2D eigenvalue weighted by Gasteiger charge is -2.40. The van der Waals surface area contributed by atoms with Gasteiger partial charge in [0.1, 0.15) is 0 Å². The Morgan fingerprint density at radius 1 is 0.679 bits per heavy atom. The maximum absolute atomic E-state index is 4.45. The first-order valence-electron chi connectivity index (χ1n) is 9.80. The fourth-order valence-corrected chi connectivity index (χ4v) is 5.35. The van der Waals surface area contributed by atoms with Crippen LogP contribution in [-0.2, 0) is 19.3 Å². The first-order chi connectivity index (χ1) is 13.9. The second-order valence-electron chi connectivity index (χ2n) is 7.93. The number of pyridine rings is 2. The van der Waals surface area contributed by atoms with E-state index in [9.17, 15) is 0 Å². The number of benzene rings is 2. The number of fused-ring (bicyclic) bond motifs is 8. The van der Waals surface area contributed by atoms with Crippen molar-refractivity contribution < 1.29 is 0 Å². The van der Waals surface area contributed by atoms with E-state index in [0.29, 0.717) is 0 Å². The molecule has 0 fully saturated rings. The third-order valence-corrected chi connectivity index (χ3v) is 6.45. The second-order valence-corrected chi connectivity index (χ2v) is 7.93. The minimum Gasteiger partial charge on any atom is -0.308 e. The molecule has 0 atom stereocenters. The van der Waals surface area contributed by atoms with Gasteiger partial charge in [-0.2, -0.15) is 0 Å². The Kier molecular flexibility index (Phi) is 2.64. The summed E-state index contributed by atoms with van der Waals surface area (Å²) in [5.41, 5.74) is 15.1. The molecule has 4 aromatic rings. The number of aromatic nitrogens is 2. The average molecular weight is 359 g/mol. The van der Waals surface area contributed by atoms with Gasteiger partial charge >= 0.3 is 0 Å². The molecule has 3 heteroatoms. The molecule has 0 amide bonds. The van der Waals surface area contributed by atoms with Gasteiger partial charge in [-0.3, -0.25) is 9.97 Å². The largest absolute Gasteiger partial charge is 0.308 e. The van der Waals surface area contributed by atoms with Crippen LogP contribution in [0.4, 0.5) is 17.1 Å². The maximum atomic E-state index is 4.45. The van der Waals surface area contributed by atoms with E-state index in [1.54, 1.807) is 0 Å². The van der Waals surface area contributed by atoms with Crippen molar-refractivity contribution in [1.29, 1.82) is 0 Å². The highest BCUT2D eigenvalue weighted by Crippen LogP contribution is 2.54. The highest BCUT2D eigenvalue weighted by molar-refractivity contribution is 5.95. The quantitative estimate of drug-likeness (QED) is 0.367. The number of nitrogens with zero attached hydrogens (tertiary/aromatic N) is 3. The summed E-state index contributed by atoms with van der Waals surface area (Å²) in [6.07, 6.45) is 10.8. The van der Waals surface area contributed by atoms with Crippen LogP contribution in [0.5, 0.6) is 0 Å². The first kappa shape index (κ1) is 14.6. The summed E-state index contributed by atoms with van der Waals surface area (Å²) in [4.78, 5) is 11.3. The summed E-state index contributed by atoms with van der Waals surface area (Å²) >= 11 is 0. The van der Waals surface area contributed by atoms with Gasteiger partial charge in [0.05, 0.1) is 23.3 Å². The molecule has 0 spiro atoms. The van der Waals surface area contributed by atoms with Crippen LogP contribution in [0.1, 0.15) is 33.4 Å². The molecule has 7 rings (SSSR count). The van der Waals surface area contributed by atoms with Gasteiger partial charge < -0.3 is 4.90 Å². The molecule has 3 aliphatic rings. The zero-order valence-corrected chi connectivity index (χ0v) is 15.3. The van der Waals surface area contributed by atoms with Crippen LogP contribution >= 0.6 is 0 Å². The molecule has 1 aliphatic carbocycles. The van der Waals surface area contributed by atoms with Gasteiger partial charge in [-0.05, 0) is 63.1 Å². The fourth-order valence-electron chi connectivity index (χ4n) is 5.35. The van der Waals surface area contributed by atoms with Gasteiger partial charge in [-0.1, -0.05) is 30.3 Å². The SMILES string of the molecule is c1ccc2c(c1)Cc1cc3c4c(c1-2)Cc1cnccc1N4c1cnccc1C3. The van der Waals surface area contributed by atoms with Crippen molar-refractivity contribution in [3.05, 3.63) is 101 Å². The van der Waals surface area contributed by atoms with Gasteiger partial charge in [-0.25, -0.2) is 0 Å². The molecule has 2 aliphatic heterocycles. The molecule has 0 N–H and O–H groups in total. The van der Waals surface area contributed by atoms with Crippen LogP contribution < -0.4 is 4.90 Å². The lowest BCUT2D eigenvalue weighted by Crippen LogP contribution is -2.25. The van der Waals surface area contributed by atoms with E-state index in [4.69, 9.17) is 0 Å². The van der Waals surface area contributed by atoms with Crippen LogP contribution in [0.25, 0.3) is 11.1 Å². The van der Waals surface area contributed by atoms with Crippen molar-refractivity contribution in [2.45, 2.75) is 19.3 Å². The molecular formula is C25H17N3. The molecule has 0 unspecified atom stereocenters. The monoisotopic (exact) mass is 359 g/mol. The predicted molar refractivity (Wildman–Crippen MR) is 111 cm³/mol. The normalized spacial score (nSPS) is 14.6. The minimum atomic E-state index is 0.940. The number of hydrogen-bond acceptors (Lipinski definition) is 3. The van der Waals surface area contributed by atoms with Gasteiger partial charge in [0.2, 0.25) is 0 Å². The highest BCUT2D eigenvalue weighted by Gasteiger charge is 2.36. The summed E-state index contributed by atoms with van der Waals surface area (Å²) in [6.45, 7) is 0. The lowest BCUT2D eigenvalue weighted by molar-refractivity contribution is 0.988. The Balaban J connectivity index is 1.60. The van der Waals surface area contributed by atoms with E-state index in [1.807, 2.05) is 24.8 Å². The molecule has 3 nitrogen and oxygen atoms in total. The molecule has 28 heavy (non-hydrogen) atoms. The zero-order chi connectivity index (χ0) is 18.2. The van der Waals surface area contributed by atoms with Crippen molar-refractivity contribution in [3.63, 3.8) is 0 Å². The van der Waals surface area contributed by atoms with Crippen molar-refractivity contribution in [1.82, 2.24) is 9.97 Å². The minimum absolute atomic E-state index is 0.940. The van der Waals surface area contributed by atoms with Crippen LogP contribution in [0.3, 0.4) is 0 Å². The van der Waals surface area contributed by atoms with Crippen molar-refractivity contribution in [2.24, 2.45) is 0 Å². The second kappa shape index (κ2) is 5.08. The zero-order valence-electron chi connectivity index (χ0n) is 15.3. The van der Waals surface area contributed by atoms with E-state index in [2.05, 4.69) is 57.3 Å². The van der Waals surface area contributed by atoms with Gasteiger partial charge in [-0.15, -0.1) is 0 Å². The van der Waals surface area contributed by atoms with E-state index in [0.717, 1.165) is 19.3 Å². The third kappa shape index (κ3) is 1.74. The summed E-state index contributed by atoms with van der Waals surface area (Å²) < 4.78 is 0. The Morgan fingerprint density at radius 3 is 2.54 bits per heavy atom. The molecule has 132 valence electrons. The molecule has 4 heterocycles. The number of hydrogen-bond donors (Lipinski definition) is 0. The summed E-state index contributed by atoms with van der Waals surface area (Å²) in [7, 11) is 0. The van der Waals surface area contributed by atoms with Crippen LogP contribution in [0.2, 0.25) is 0 Å². The molecule has 0 saturated heterocycles. The average Bonchev–Trinajstić information content (AvgIpc) is 3.11. The van der Waals surface area contributed by atoms with E-state index < -0.39 is 0 Å². The summed E-state index contributed by atoms with van der Waals surface area (Å²) in [5.74, 6) is 0.